The van der Waals surface area contributed by atoms with Gasteiger partial charge in [-0.25, -0.2) is 0 Å². The van der Waals surface area contributed by atoms with Crippen LogP contribution in [0.25, 0.3) is 0 Å². The lowest BCUT2D eigenvalue weighted by Gasteiger charge is -2.22. The van der Waals surface area contributed by atoms with Gasteiger partial charge in [-0.15, -0.1) is 0 Å². The monoisotopic (exact) mass is 457 g/mol. The van der Waals surface area contributed by atoms with Crippen molar-refractivity contribution in [3.05, 3.63) is 0 Å². The van der Waals surface area contributed by atoms with Gasteiger partial charge in [0.25, 0.3) is 0 Å². The standard InChI is InChI=1S/C24H51N.C3H4O4/c1-22(2)16-10-7-13-19-25(20-14-8-11-17-23(3)4)21-15-9-12-18-24(5)6;4-2(5)1-3(6)7/h22-24H,7-21H2,1-6H3;1H2,(H,4,5)(H,6,7). The molecule has 0 rings (SSSR count). The van der Waals surface area contributed by atoms with Crippen molar-refractivity contribution in [3.63, 3.8) is 0 Å². The van der Waals surface area contributed by atoms with Crippen LogP contribution in [-0.2, 0) is 9.59 Å². The van der Waals surface area contributed by atoms with E-state index in [2.05, 4.69) is 46.4 Å². The van der Waals surface area contributed by atoms with Crippen LogP contribution in [0.15, 0.2) is 0 Å². The molecule has 0 aromatic heterocycles. The van der Waals surface area contributed by atoms with Crippen molar-refractivity contribution in [1.29, 1.82) is 0 Å². The maximum Gasteiger partial charge on any atom is 0.314 e. The van der Waals surface area contributed by atoms with E-state index in [-0.39, 0.29) is 0 Å². The first-order valence-electron chi connectivity index (χ1n) is 13.2. The van der Waals surface area contributed by atoms with E-state index in [4.69, 9.17) is 10.2 Å². The van der Waals surface area contributed by atoms with Gasteiger partial charge in [-0.05, 0) is 56.7 Å². The van der Waals surface area contributed by atoms with Crippen molar-refractivity contribution >= 4 is 11.9 Å². The number of carboxylic acids is 2. The zero-order chi connectivity index (χ0) is 24.8. The Bertz CT molecular complexity index is 381. The Kier molecular flexibility index (Phi) is 23.8. The molecule has 0 radical (unpaired) electrons. The summed E-state index contributed by atoms with van der Waals surface area (Å²) < 4.78 is 0. The Hall–Kier alpha value is -1.10. The fraction of sp³-hybridized carbons (Fsp3) is 0.926. The lowest BCUT2D eigenvalue weighted by atomic mass is 10.0. The van der Waals surface area contributed by atoms with E-state index in [9.17, 15) is 9.59 Å². The Morgan fingerprint density at radius 2 is 0.812 bits per heavy atom. The summed E-state index contributed by atoms with van der Waals surface area (Å²) in [5, 5.41) is 15.4. The average Bonchev–Trinajstić information content (AvgIpc) is 2.65. The second-order valence-corrected chi connectivity index (χ2v) is 10.5. The number of aliphatic carboxylic acids is 2. The molecule has 0 aliphatic heterocycles. The van der Waals surface area contributed by atoms with Gasteiger partial charge in [-0.1, -0.05) is 99.3 Å². The minimum absolute atomic E-state index is 0.806. The van der Waals surface area contributed by atoms with E-state index in [1.54, 1.807) is 0 Å². The summed E-state index contributed by atoms with van der Waals surface area (Å²) in [7, 11) is 0. The van der Waals surface area contributed by atoms with Crippen LogP contribution in [0.5, 0.6) is 0 Å². The number of carbonyl (C=O) groups is 2. The van der Waals surface area contributed by atoms with Gasteiger partial charge in [0.2, 0.25) is 0 Å². The summed E-state index contributed by atoms with van der Waals surface area (Å²) in [4.78, 5) is 21.6. The lowest BCUT2D eigenvalue weighted by Crippen LogP contribution is -2.27. The van der Waals surface area contributed by atoms with Gasteiger partial charge in [0.1, 0.15) is 6.42 Å². The minimum atomic E-state index is -1.31. The molecule has 5 heteroatoms. The van der Waals surface area contributed by atoms with Gasteiger partial charge in [0.05, 0.1) is 0 Å². The van der Waals surface area contributed by atoms with Crippen molar-refractivity contribution in [3.8, 4) is 0 Å². The molecule has 2 N–H and O–H groups in total. The summed E-state index contributed by atoms with van der Waals surface area (Å²) in [6, 6.07) is 0. The van der Waals surface area contributed by atoms with Gasteiger partial charge < -0.3 is 15.1 Å². The van der Waals surface area contributed by atoms with Crippen LogP contribution >= 0.6 is 0 Å². The van der Waals surface area contributed by atoms with Crippen LogP contribution in [-0.4, -0.2) is 46.7 Å². The summed E-state index contributed by atoms with van der Waals surface area (Å²) >= 11 is 0. The van der Waals surface area contributed by atoms with E-state index >= 15 is 0 Å². The molecule has 0 aliphatic rings. The summed E-state index contributed by atoms with van der Waals surface area (Å²) in [5.41, 5.74) is 0. The van der Waals surface area contributed by atoms with E-state index in [1.807, 2.05) is 0 Å². The van der Waals surface area contributed by atoms with Gasteiger partial charge >= 0.3 is 11.9 Å². The zero-order valence-electron chi connectivity index (χ0n) is 22.2. The maximum absolute atomic E-state index is 9.43. The number of carboxylic acid groups (broad SMARTS) is 2. The number of rotatable bonds is 20. The van der Waals surface area contributed by atoms with E-state index < -0.39 is 18.4 Å². The smallest absolute Gasteiger partial charge is 0.314 e. The van der Waals surface area contributed by atoms with Gasteiger partial charge in [-0.3, -0.25) is 9.59 Å². The molecule has 0 unspecified atom stereocenters. The summed E-state index contributed by atoms with van der Waals surface area (Å²) in [5.74, 6) is -0.00551. The molecule has 192 valence electrons. The number of hydrogen-bond acceptors (Lipinski definition) is 3. The molecule has 0 saturated heterocycles. The first-order chi connectivity index (χ1) is 15.0. The maximum atomic E-state index is 9.43. The minimum Gasteiger partial charge on any atom is -0.481 e. The Labute approximate surface area is 199 Å². The molecular weight excluding hydrogens is 402 g/mol. The van der Waals surface area contributed by atoms with Crippen LogP contribution in [0.1, 0.15) is 125 Å². The van der Waals surface area contributed by atoms with Gasteiger partial charge in [0.15, 0.2) is 0 Å². The summed E-state index contributed by atoms with van der Waals surface area (Å²) in [6.45, 7) is 18.1. The van der Waals surface area contributed by atoms with E-state index in [0.29, 0.717) is 0 Å². The molecular formula is C27H55NO4. The van der Waals surface area contributed by atoms with Crippen LogP contribution in [0, 0.1) is 17.8 Å². The second kappa shape index (κ2) is 23.1. The molecule has 0 aromatic rings. The molecule has 5 nitrogen and oxygen atoms in total. The second-order valence-electron chi connectivity index (χ2n) is 10.5. The molecule has 0 aliphatic carbocycles. The van der Waals surface area contributed by atoms with Crippen LogP contribution in [0.4, 0.5) is 0 Å². The summed E-state index contributed by atoms with van der Waals surface area (Å²) in [6.07, 6.45) is 16.2. The quantitative estimate of drug-likeness (QED) is 0.146. The average molecular weight is 458 g/mol. The molecule has 0 aromatic carbocycles. The van der Waals surface area contributed by atoms with Gasteiger partial charge in [0, 0.05) is 0 Å². The van der Waals surface area contributed by atoms with Crippen molar-refractivity contribution in [2.24, 2.45) is 17.8 Å². The van der Waals surface area contributed by atoms with Crippen molar-refractivity contribution in [2.45, 2.75) is 125 Å². The fourth-order valence-electron chi connectivity index (χ4n) is 3.66. The number of nitrogens with zero attached hydrogens (tertiary/aromatic N) is 1. The molecule has 0 heterocycles. The Morgan fingerprint density at radius 1 is 0.531 bits per heavy atom. The third-order valence-electron chi connectivity index (χ3n) is 5.57. The third-order valence-corrected chi connectivity index (χ3v) is 5.57. The topological polar surface area (TPSA) is 77.8 Å². The number of unbranched alkanes of at least 4 members (excludes halogenated alkanes) is 6. The van der Waals surface area contributed by atoms with Crippen molar-refractivity contribution in [2.75, 3.05) is 19.6 Å². The molecule has 0 amide bonds. The predicted molar refractivity (Wildman–Crippen MR) is 136 cm³/mol. The largest absolute Gasteiger partial charge is 0.481 e. The van der Waals surface area contributed by atoms with Crippen molar-refractivity contribution in [1.82, 2.24) is 4.90 Å². The Balaban J connectivity index is 0. The predicted octanol–water partition coefficient (Wildman–Crippen LogP) is 7.48. The number of hydrogen-bond donors (Lipinski definition) is 2. The lowest BCUT2D eigenvalue weighted by molar-refractivity contribution is -0.147. The molecule has 32 heavy (non-hydrogen) atoms. The van der Waals surface area contributed by atoms with E-state index in [1.165, 1.54) is 96.7 Å². The van der Waals surface area contributed by atoms with Crippen LogP contribution in [0.3, 0.4) is 0 Å². The first kappa shape index (κ1) is 33.1. The van der Waals surface area contributed by atoms with E-state index in [0.717, 1.165) is 17.8 Å². The molecule has 0 fully saturated rings. The zero-order valence-corrected chi connectivity index (χ0v) is 22.2. The molecule has 0 bridgehead atoms. The Morgan fingerprint density at radius 3 is 1.00 bits per heavy atom. The molecule has 0 saturated carbocycles. The van der Waals surface area contributed by atoms with Gasteiger partial charge in [-0.2, -0.15) is 0 Å². The highest BCUT2D eigenvalue weighted by atomic mass is 16.4. The third kappa shape index (κ3) is 31.1. The fourth-order valence-corrected chi connectivity index (χ4v) is 3.66. The highest BCUT2D eigenvalue weighted by molar-refractivity contribution is 5.88. The molecule has 0 atom stereocenters. The SMILES string of the molecule is CC(C)CCCCCN(CCCCCC(C)C)CCCCCC(C)C.O=C(O)CC(=O)O. The first-order valence-corrected chi connectivity index (χ1v) is 13.2. The normalized spacial score (nSPS) is 11.3. The van der Waals surface area contributed by atoms with Crippen molar-refractivity contribution < 1.29 is 19.8 Å². The molecule has 0 spiro atoms. The highest BCUT2D eigenvalue weighted by Gasteiger charge is 2.06. The van der Waals surface area contributed by atoms with Crippen LogP contribution < -0.4 is 0 Å². The highest BCUT2D eigenvalue weighted by Crippen LogP contribution is 2.13. The van der Waals surface area contributed by atoms with Crippen LogP contribution in [0.2, 0.25) is 0 Å².